The Hall–Kier alpha value is -4.14. The van der Waals surface area contributed by atoms with Crippen molar-refractivity contribution in [2.75, 3.05) is 14.2 Å². The van der Waals surface area contributed by atoms with Crippen molar-refractivity contribution in [1.82, 2.24) is 29.9 Å². The first kappa shape index (κ1) is 21.1. The second-order valence-corrected chi connectivity index (χ2v) is 7.17. The first-order valence-electron chi connectivity index (χ1n) is 9.98. The summed E-state index contributed by atoms with van der Waals surface area (Å²) in [5, 5.41) is 12.0. The summed E-state index contributed by atoms with van der Waals surface area (Å²) in [5.74, 6) is 1.09. The van der Waals surface area contributed by atoms with Gasteiger partial charge in [-0.3, -0.25) is 19.1 Å². The molecular weight excluding hydrogens is 408 g/mol. The molecule has 3 heterocycles. The average molecular weight is 432 g/mol. The first-order valence-corrected chi connectivity index (χ1v) is 9.98. The summed E-state index contributed by atoms with van der Waals surface area (Å²) in [6.07, 6.45) is 3.45. The molecule has 0 unspecified atom stereocenters. The van der Waals surface area contributed by atoms with Crippen molar-refractivity contribution < 1.29 is 14.3 Å². The van der Waals surface area contributed by atoms with E-state index in [1.165, 1.54) is 0 Å². The van der Waals surface area contributed by atoms with Gasteiger partial charge in [0, 0.05) is 37.6 Å². The topological polar surface area (TPSA) is 96.1 Å². The van der Waals surface area contributed by atoms with Crippen LogP contribution in [0.3, 0.4) is 0 Å². The van der Waals surface area contributed by atoms with E-state index in [4.69, 9.17) is 9.47 Å². The Balaban J connectivity index is 1.52. The van der Waals surface area contributed by atoms with Crippen molar-refractivity contribution in [3.8, 4) is 34.0 Å². The van der Waals surface area contributed by atoms with Crippen LogP contribution in [0.15, 0.2) is 54.9 Å². The Bertz CT molecular complexity index is 1250. The van der Waals surface area contributed by atoms with E-state index in [2.05, 4.69) is 20.5 Å². The molecule has 0 radical (unpaired) electrons. The van der Waals surface area contributed by atoms with Gasteiger partial charge in [-0.05, 0) is 42.5 Å². The fraction of sp³-hybridized carbons (Fsp3) is 0.217. The molecule has 9 heteroatoms. The monoisotopic (exact) mass is 432 g/mol. The standard InChI is InChI=1S/C23H24N6O3/c1-28-16(11-19(26-28)15-7-9-24-10-8-15)14-25-23(30)21-13-20(27-29(21)2)18-12-17(31-3)5-6-22(18)32-4/h5-13H,14H2,1-4H3,(H,25,30). The molecule has 0 aliphatic rings. The molecule has 9 nitrogen and oxygen atoms in total. The number of nitrogens with one attached hydrogen (secondary N) is 1. The van der Waals surface area contributed by atoms with Crippen molar-refractivity contribution in [2.24, 2.45) is 14.1 Å². The fourth-order valence-electron chi connectivity index (χ4n) is 3.42. The Morgan fingerprint density at radius 1 is 0.938 bits per heavy atom. The number of pyridine rings is 1. The number of nitrogens with zero attached hydrogens (tertiary/aromatic N) is 5. The minimum atomic E-state index is -0.236. The van der Waals surface area contributed by atoms with Gasteiger partial charge in [0.15, 0.2) is 0 Å². The predicted octanol–water partition coefficient (Wildman–Crippen LogP) is 2.83. The number of amides is 1. The number of ether oxygens (including phenoxy) is 2. The summed E-state index contributed by atoms with van der Waals surface area (Å²) in [5.41, 5.74) is 4.47. The van der Waals surface area contributed by atoms with Crippen LogP contribution < -0.4 is 14.8 Å². The van der Waals surface area contributed by atoms with Gasteiger partial charge in [-0.15, -0.1) is 0 Å². The van der Waals surface area contributed by atoms with Crippen molar-refractivity contribution in [3.05, 3.63) is 66.2 Å². The maximum Gasteiger partial charge on any atom is 0.269 e. The van der Waals surface area contributed by atoms with E-state index in [1.54, 1.807) is 49.1 Å². The molecule has 0 aliphatic carbocycles. The average Bonchev–Trinajstić information content (AvgIpc) is 3.40. The number of hydrogen-bond acceptors (Lipinski definition) is 6. The van der Waals surface area contributed by atoms with Gasteiger partial charge >= 0.3 is 0 Å². The summed E-state index contributed by atoms with van der Waals surface area (Å²) < 4.78 is 14.1. The summed E-state index contributed by atoms with van der Waals surface area (Å²) in [6, 6.07) is 12.9. The van der Waals surface area contributed by atoms with Gasteiger partial charge in [0.1, 0.15) is 17.2 Å². The number of carbonyl (C=O) groups excluding carboxylic acids is 1. The van der Waals surface area contributed by atoms with Gasteiger partial charge in [-0.25, -0.2) is 0 Å². The molecule has 1 N–H and O–H groups in total. The van der Waals surface area contributed by atoms with Crippen LogP contribution in [0.2, 0.25) is 0 Å². The van der Waals surface area contributed by atoms with Crippen molar-refractivity contribution in [2.45, 2.75) is 6.54 Å². The van der Waals surface area contributed by atoms with E-state index < -0.39 is 0 Å². The Kier molecular flexibility index (Phi) is 5.89. The molecule has 0 aliphatic heterocycles. The third kappa shape index (κ3) is 4.18. The molecule has 4 aromatic rings. The normalized spacial score (nSPS) is 10.8. The van der Waals surface area contributed by atoms with E-state index in [-0.39, 0.29) is 5.91 Å². The van der Waals surface area contributed by atoms with E-state index in [1.807, 2.05) is 43.4 Å². The summed E-state index contributed by atoms with van der Waals surface area (Å²) in [4.78, 5) is 16.9. The lowest BCUT2D eigenvalue weighted by atomic mass is 10.1. The highest BCUT2D eigenvalue weighted by atomic mass is 16.5. The number of methoxy groups -OCH3 is 2. The maximum atomic E-state index is 12.9. The zero-order chi connectivity index (χ0) is 22.7. The molecule has 4 rings (SSSR count). The number of aromatic nitrogens is 5. The van der Waals surface area contributed by atoms with Crippen LogP contribution >= 0.6 is 0 Å². The second kappa shape index (κ2) is 8.93. The highest BCUT2D eigenvalue weighted by Gasteiger charge is 2.18. The lowest BCUT2D eigenvalue weighted by Gasteiger charge is -2.08. The van der Waals surface area contributed by atoms with E-state index in [9.17, 15) is 4.79 Å². The molecule has 0 fully saturated rings. The van der Waals surface area contributed by atoms with E-state index >= 15 is 0 Å². The van der Waals surface area contributed by atoms with Gasteiger partial charge < -0.3 is 14.8 Å². The smallest absolute Gasteiger partial charge is 0.269 e. The first-order chi connectivity index (χ1) is 15.5. The van der Waals surface area contributed by atoms with Crippen LogP contribution in [0.5, 0.6) is 11.5 Å². The van der Waals surface area contributed by atoms with Gasteiger partial charge in [0.2, 0.25) is 0 Å². The van der Waals surface area contributed by atoms with E-state index in [0.717, 1.165) is 22.5 Å². The predicted molar refractivity (Wildman–Crippen MR) is 119 cm³/mol. The van der Waals surface area contributed by atoms with Crippen LogP contribution in [0, 0.1) is 0 Å². The Morgan fingerprint density at radius 2 is 1.69 bits per heavy atom. The maximum absolute atomic E-state index is 12.9. The lowest BCUT2D eigenvalue weighted by molar-refractivity contribution is 0.0940. The van der Waals surface area contributed by atoms with Gasteiger partial charge in [-0.2, -0.15) is 10.2 Å². The van der Waals surface area contributed by atoms with Crippen LogP contribution in [-0.4, -0.2) is 44.7 Å². The van der Waals surface area contributed by atoms with Crippen molar-refractivity contribution in [3.63, 3.8) is 0 Å². The quantitative estimate of drug-likeness (QED) is 0.482. The minimum Gasteiger partial charge on any atom is -0.497 e. The highest BCUT2D eigenvalue weighted by Crippen LogP contribution is 2.33. The largest absolute Gasteiger partial charge is 0.497 e. The Morgan fingerprint density at radius 3 is 2.41 bits per heavy atom. The fourth-order valence-corrected chi connectivity index (χ4v) is 3.42. The van der Waals surface area contributed by atoms with Crippen LogP contribution in [-0.2, 0) is 20.6 Å². The zero-order valence-corrected chi connectivity index (χ0v) is 18.4. The second-order valence-electron chi connectivity index (χ2n) is 7.17. The summed E-state index contributed by atoms with van der Waals surface area (Å²) >= 11 is 0. The van der Waals surface area contributed by atoms with Gasteiger partial charge in [0.25, 0.3) is 5.91 Å². The third-order valence-corrected chi connectivity index (χ3v) is 5.18. The molecule has 0 bridgehead atoms. The molecule has 3 aromatic heterocycles. The third-order valence-electron chi connectivity index (χ3n) is 5.18. The molecule has 164 valence electrons. The van der Waals surface area contributed by atoms with E-state index in [0.29, 0.717) is 29.4 Å². The number of rotatable bonds is 7. The molecule has 1 amide bonds. The molecule has 0 atom stereocenters. The highest BCUT2D eigenvalue weighted by molar-refractivity contribution is 5.94. The van der Waals surface area contributed by atoms with Crippen LogP contribution in [0.4, 0.5) is 0 Å². The SMILES string of the molecule is COc1ccc(OC)c(-c2cc(C(=O)NCc3cc(-c4ccncc4)nn3C)n(C)n2)c1. The van der Waals surface area contributed by atoms with Gasteiger partial charge in [0.05, 0.1) is 37.8 Å². The summed E-state index contributed by atoms with van der Waals surface area (Å²) in [7, 11) is 6.78. The zero-order valence-electron chi connectivity index (χ0n) is 18.4. The van der Waals surface area contributed by atoms with Crippen LogP contribution in [0.1, 0.15) is 16.2 Å². The molecule has 0 saturated heterocycles. The van der Waals surface area contributed by atoms with Crippen molar-refractivity contribution >= 4 is 5.91 Å². The molecule has 0 spiro atoms. The Labute approximate surface area is 185 Å². The molecule has 1 aromatic carbocycles. The molecule has 32 heavy (non-hydrogen) atoms. The van der Waals surface area contributed by atoms with Gasteiger partial charge in [-0.1, -0.05) is 0 Å². The number of benzene rings is 1. The number of hydrogen-bond donors (Lipinski definition) is 1. The molecular formula is C23H24N6O3. The molecule has 0 saturated carbocycles. The summed E-state index contributed by atoms with van der Waals surface area (Å²) in [6.45, 7) is 0.330. The van der Waals surface area contributed by atoms with Crippen molar-refractivity contribution in [1.29, 1.82) is 0 Å². The number of aryl methyl sites for hydroxylation is 2. The number of carbonyl (C=O) groups is 1. The minimum absolute atomic E-state index is 0.236. The lowest BCUT2D eigenvalue weighted by Crippen LogP contribution is -2.26. The van der Waals surface area contributed by atoms with Crippen LogP contribution in [0.25, 0.3) is 22.5 Å².